The summed E-state index contributed by atoms with van der Waals surface area (Å²) in [7, 11) is 0. The first-order valence-electron chi connectivity index (χ1n) is 2.91. The first-order valence-corrected chi connectivity index (χ1v) is 2.91. The van der Waals surface area contributed by atoms with Crippen molar-refractivity contribution in [3.63, 3.8) is 0 Å². The molecule has 1 nitrogen and oxygen atoms in total. The third-order valence-electron chi connectivity index (χ3n) is 1.41. The van der Waals surface area contributed by atoms with Gasteiger partial charge in [0, 0.05) is 12.8 Å². The van der Waals surface area contributed by atoms with Crippen LogP contribution >= 0.6 is 0 Å². The summed E-state index contributed by atoms with van der Waals surface area (Å²) in [5, 5.41) is 0. The van der Waals surface area contributed by atoms with E-state index < -0.39 is 0 Å². The summed E-state index contributed by atoms with van der Waals surface area (Å²) in [5.41, 5.74) is 0. The van der Waals surface area contributed by atoms with Crippen LogP contribution in [-0.4, -0.2) is 5.78 Å². The summed E-state index contributed by atoms with van der Waals surface area (Å²) in [5.74, 6) is 0.464. The van der Waals surface area contributed by atoms with Crippen molar-refractivity contribution in [1.29, 1.82) is 0 Å². The maximum Gasteiger partial charge on any atom is 0.132 e. The summed E-state index contributed by atoms with van der Waals surface area (Å²) in [6.07, 6.45) is 5.24. The highest BCUT2D eigenvalue weighted by molar-refractivity contribution is 5.78. The van der Waals surface area contributed by atoms with Crippen LogP contribution in [-0.2, 0) is 4.79 Å². The minimum absolute atomic E-state index is 0.464. The van der Waals surface area contributed by atoms with Crippen molar-refractivity contribution in [1.82, 2.24) is 0 Å². The van der Waals surface area contributed by atoms with Gasteiger partial charge < -0.3 is 0 Å². The van der Waals surface area contributed by atoms with Crippen LogP contribution in [0.5, 0.6) is 0 Å². The second-order valence-corrected chi connectivity index (χ2v) is 2.10. The van der Waals surface area contributed by atoms with Gasteiger partial charge in [0.1, 0.15) is 5.78 Å². The standard InChI is InChI=1S/C6H10O/c7-6-4-2-1-3-5-6/h1-5H2/i7+2. The van der Waals surface area contributed by atoms with Crippen LogP contribution in [0.2, 0.25) is 0 Å². The molecule has 1 fully saturated rings. The van der Waals surface area contributed by atoms with Gasteiger partial charge in [-0.3, -0.25) is 4.79 Å². The molecule has 0 saturated heterocycles. The summed E-state index contributed by atoms with van der Waals surface area (Å²) in [4.78, 5) is 10.5. The Morgan fingerprint density at radius 1 is 1.00 bits per heavy atom. The van der Waals surface area contributed by atoms with Gasteiger partial charge in [0.05, 0.1) is 0 Å². The van der Waals surface area contributed by atoms with E-state index in [4.69, 9.17) is 0 Å². The van der Waals surface area contributed by atoms with Gasteiger partial charge in [0.25, 0.3) is 0 Å². The molecule has 40 valence electrons. The molecule has 1 rings (SSSR count). The van der Waals surface area contributed by atoms with Gasteiger partial charge in [0.15, 0.2) is 0 Å². The zero-order chi connectivity index (χ0) is 5.11. The molecule has 1 aliphatic carbocycles. The smallest absolute Gasteiger partial charge is 0.132 e. The molecule has 0 aromatic heterocycles. The Labute approximate surface area is 43.7 Å². The zero-order valence-electron chi connectivity index (χ0n) is 4.44. The monoisotopic (exact) mass is 100 g/mol. The molecule has 1 heteroatoms. The lowest BCUT2D eigenvalue weighted by Gasteiger charge is -2.05. The highest BCUT2D eigenvalue weighted by atomic mass is 18.1. The predicted molar refractivity (Wildman–Crippen MR) is 28.1 cm³/mol. The minimum atomic E-state index is 0.464. The largest absolute Gasteiger partial charge is 0.300 e. The van der Waals surface area contributed by atoms with E-state index in [1.807, 2.05) is 0 Å². The zero-order valence-corrected chi connectivity index (χ0v) is 4.44. The Morgan fingerprint density at radius 3 is 1.86 bits per heavy atom. The number of rotatable bonds is 0. The van der Waals surface area contributed by atoms with Crippen LogP contribution in [0.25, 0.3) is 0 Å². The molecule has 0 spiro atoms. The molecule has 0 bridgehead atoms. The Hall–Kier alpha value is -0.330. The van der Waals surface area contributed by atoms with Crippen molar-refractivity contribution in [2.75, 3.05) is 0 Å². The topological polar surface area (TPSA) is 17.1 Å². The van der Waals surface area contributed by atoms with E-state index in [2.05, 4.69) is 0 Å². The molecule has 1 saturated carbocycles. The maximum absolute atomic E-state index is 10.5. The van der Waals surface area contributed by atoms with Crippen LogP contribution < -0.4 is 0 Å². The molecular formula is C6H10O. The van der Waals surface area contributed by atoms with Crippen LogP contribution in [0.4, 0.5) is 0 Å². The number of hydrogen-bond acceptors (Lipinski definition) is 1. The van der Waals surface area contributed by atoms with Crippen molar-refractivity contribution in [3.05, 3.63) is 0 Å². The molecule has 0 atom stereocenters. The minimum Gasteiger partial charge on any atom is -0.300 e. The molecule has 0 aliphatic heterocycles. The van der Waals surface area contributed by atoms with Crippen molar-refractivity contribution in [2.45, 2.75) is 32.1 Å². The molecular weight excluding hydrogens is 90.1 g/mol. The van der Waals surface area contributed by atoms with Crippen LogP contribution in [0.1, 0.15) is 32.1 Å². The average molecular weight is 100 g/mol. The average Bonchev–Trinajstić information content (AvgIpc) is 1.69. The molecule has 0 heterocycles. The fraction of sp³-hybridized carbons (Fsp3) is 0.833. The van der Waals surface area contributed by atoms with Gasteiger partial charge in [0.2, 0.25) is 0 Å². The fourth-order valence-electron chi connectivity index (χ4n) is 0.946. The highest BCUT2D eigenvalue weighted by Gasteiger charge is 2.05. The van der Waals surface area contributed by atoms with E-state index in [-0.39, 0.29) is 0 Å². The van der Waals surface area contributed by atoms with Crippen molar-refractivity contribution in [2.24, 2.45) is 0 Å². The lowest BCUT2D eigenvalue weighted by Crippen LogP contribution is -2.02. The molecule has 1 aliphatic rings. The number of ketones is 1. The third kappa shape index (κ3) is 1.30. The van der Waals surface area contributed by atoms with Gasteiger partial charge in [-0.05, 0) is 12.8 Å². The molecule has 0 radical (unpaired) electrons. The number of carbonyl (C=O) groups is 1. The van der Waals surface area contributed by atoms with Crippen molar-refractivity contribution in [3.8, 4) is 0 Å². The normalized spacial score (nSPS) is 22.6. The summed E-state index contributed by atoms with van der Waals surface area (Å²) in [6, 6.07) is 0. The Balaban J connectivity index is 2.25. The van der Waals surface area contributed by atoms with Crippen LogP contribution in [0, 0.1) is 0 Å². The fourth-order valence-corrected chi connectivity index (χ4v) is 0.946. The first-order chi connectivity index (χ1) is 3.39. The number of hydrogen-bond donors (Lipinski definition) is 0. The van der Waals surface area contributed by atoms with Gasteiger partial charge in [-0.2, -0.15) is 0 Å². The SMILES string of the molecule is [18O]=C1CCCCC1. The lowest BCUT2D eigenvalue weighted by atomic mass is 10.0. The van der Waals surface area contributed by atoms with E-state index >= 15 is 0 Å². The van der Waals surface area contributed by atoms with Gasteiger partial charge in [-0.15, -0.1) is 0 Å². The highest BCUT2D eigenvalue weighted by Crippen LogP contribution is 2.12. The van der Waals surface area contributed by atoms with E-state index in [1.165, 1.54) is 6.42 Å². The van der Waals surface area contributed by atoms with E-state index in [0.717, 1.165) is 25.7 Å². The Kier molecular flexibility index (Phi) is 1.45. The summed E-state index contributed by atoms with van der Waals surface area (Å²) < 4.78 is 0. The second kappa shape index (κ2) is 2.10. The van der Waals surface area contributed by atoms with Crippen LogP contribution in [0.3, 0.4) is 0 Å². The Morgan fingerprint density at radius 2 is 1.57 bits per heavy atom. The van der Waals surface area contributed by atoms with Crippen molar-refractivity contribution < 1.29 is 4.79 Å². The summed E-state index contributed by atoms with van der Waals surface area (Å²) in [6.45, 7) is 0. The summed E-state index contributed by atoms with van der Waals surface area (Å²) >= 11 is 0. The maximum atomic E-state index is 10.5. The first kappa shape index (κ1) is 4.82. The quantitative estimate of drug-likeness (QED) is 0.422. The third-order valence-corrected chi connectivity index (χ3v) is 1.41. The number of carbonyl (C=O) groups excluding carboxylic acids is 1. The van der Waals surface area contributed by atoms with Crippen LogP contribution in [0.15, 0.2) is 0 Å². The van der Waals surface area contributed by atoms with E-state index in [0.29, 0.717) is 5.78 Å². The molecule has 0 N–H and O–H groups in total. The lowest BCUT2D eigenvalue weighted by molar-refractivity contribution is -0.120. The molecule has 0 unspecified atom stereocenters. The molecule has 0 aromatic carbocycles. The van der Waals surface area contributed by atoms with Gasteiger partial charge >= 0.3 is 0 Å². The molecule has 0 aromatic rings. The molecule has 7 heavy (non-hydrogen) atoms. The Bertz CT molecular complexity index is 68.2. The number of Topliss-reactive ketones (excluding diaryl/α,β-unsaturated/α-hetero) is 1. The predicted octanol–water partition coefficient (Wildman–Crippen LogP) is 1.52. The van der Waals surface area contributed by atoms with E-state index in [9.17, 15) is 4.79 Å². The van der Waals surface area contributed by atoms with Gasteiger partial charge in [-0.25, -0.2) is 0 Å². The van der Waals surface area contributed by atoms with Crippen molar-refractivity contribution >= 4 is 5.78 Å². The molecule has 0 amide bonds. The second-order valence-electron chi connectivity index (χ2n) is 2.10. The van der Waals surface area contributed by atoms with Gasteiger partial charge in [-0.1, -0.05) is 6.42 Å². The van der Waals surface area contributed by atoms with E-state index in [1.54, 1.807) is 0 Å².